The van der Waals surface area contributed by atoms with Crippen LogP contribution in [-0.4, -0.2) is 37.1 Å². The molecule has 3 aliphatic heterocycles. The third-order valence-electron chi connectivity index (χ3n) is 3.06. The van der Waals surface area contributed by atoms with E-state index in [9.17, 15) is 0 Å². The highest BCUT2D eigenvalue weighted by Crippen LogP contribution is 2.20. The molecule has 0 radical (unpaired) electrons. The van der Waals surface area contributed by atoms with Gasteiger partial charge in [0.2, 0.25) is 0 Å². The summed E-state index contributed by atoms with van der Waals surface area (Å²) in [6.45, 7) is 7.38. The molecule has 0 aromatic carbocycles. The van der Waals surface area contributed by atoms with Crippen molar-refractivity contribution in [3.63, 3.8) is 0 Å². The Morgan fingerprint density at radius 3 is 2.91 bits per heavy atom. The van der Waals surface area contributed by atoms with Crippen LogP contribution in [0.15, 0.2) is 0 Å². The third kappa shape index (κ3) is 1.57. The van der Waals surface area contributed by atoms with Gasteiger partial charge in [-0.2, -0.15) is 0 Å². The highest BCUT2D eigenvalue weighted by Gasteiger charge is 2.27. The summed E-state index contributed by atoms with van der Waals surface area (Å²) in [6.07, 6.45) is 2.86. The van der Waals surface area contributed by atoms with Crippen LogP contribution in [0.25, 0.3) is 0 Å². The van der Waals surface area contributed by atoms with E-state index in [-0.39, 0.29) is 0 Å². The first-order valence-electron chi connectivity index (χ1n) is 4.84. The number of hydrogen-bond donors (Lipinski definition) is 1. The molecule has 0 amide bonds. The molecule has 0 saturated carbocycles. The van der Waals surface area contributed by atoms with Crippen molar-refractivity contribution in [2.75, 3.05) is 26.2 Å². The minimum absolute atomic E-state index is 0.800. The summed E-state index contributed by atoms with van der Waals surface area (Å²) in [5.74, 6) is 0.939. The van der Waals surface area contributed by atoms with Crippen LogP contribution in [0.2, 0.25) is 0 Å². The summed E-state index contributed by atoms with van der Waals surface area (Å²) in [7, 11) is 0. The molecule has 2 bridgehead atoms. The summed E-state index contributed by atoms with van der Waals surface area (Å²) in [4.78, 5) is 2.59. The molecule has 3 saturated heterocycles. The number of hydrogen-bond acceptors (Lipinski definition) is 2. The lowest BCUT2D eigenvalue weighted by atomic mass is 9.97. The van der Waals surface area contributed by atoms with E-state index in [4.69, 9.17) is 0 Å². The topological polar surface area (TPSA) is 15.3 Å². The average Bonchev–Trinajstić information content (AvgIpc) is 2.35. The predicted molar refractivity (Wildman–Crippen MR) is 46.6 cm³/mol. The zero-order chi connectivity index (χ0) is 7.68. The second-order valence-corrected chi connectivity index (χ2v) is 3.90. The van der Waals surface area contributed by atoms with Gasteiger partial charge in [-0.1, -0.05) is 6.92 Å². The SMILES string of the molecule is CCN1CC2CCC(C1)NC2. The maximum atomic E-state index is 3.60. The molecule has 11 heavy (non-hydrogen) atoms. The van der Waals surface area contributed by atoms with E-state index in [1.807, 2.05) is 0 Å². The van der Waals surface area contributed by atoms with E-state index >= 15 is 0 Å². The van der Waals surface area contributed by atoms with Gasteiger partial charge in [-0.15, -0.1) is 0 Å². The Morgan fingerprint density at radius 2 is 2.27 bits per heavy atom. The molecule has 2 unspecified atom stereocenters. The van der Waals surface area contributed by atoms with E-state index in [1.54, 1.807) is 0 Å². The fourth-order valence-corrected chi connectivity index (χ4v) is 2.30. The number of fused-ring (bicyclic) bond motifs is 4. The molecule has 2 heteroatoms. The second kappa shape index (κ2) is 3.11. The van der Waals surface area contributed by atoms with Crippen molar-refractivity contribution in [3.05, 3.63) is 0 Å². The average molecular weight is 154 g/mol. The van der Waals surface area contributed by atoms with Crippen LogP contribution in [0.3, 0.4) is 0 Å². The van der Waals surface area contributed by atoms with Crippen molar-refractivity contribution in [2.24, 2.45) is 5.92 Å². The highest BCUT2D eigenvalue weighted by atomic mass is 15.2. The Morgan fingerprint density at radius 1 is 1.36 bits per heavy atom. The molecule has 2 atom stereocenters. The molecule has 3 heterocycles. The highest BCUT2D eigenvalue weighted by molar-refractivity contribution is 4.86. The Hall–Kier alpha value is -0.0800. The first kappa shape index (κ1) is 7.56. The van der Waals surface area contributed by atoms with Gasteiger partial charge in [-0.25, -0.2) is 0 Å². The first-order chi connectivity index (χ1) is 5.38. The standard InChI is InChI=1S/C9H18N2/c1-2-11-6-8-3-4-9(7-11)10-5-8/h8-10H,2-7H2,1H3. The number of rotatable bonds is 1. The first-order valence-corrected chi connectivity index (χ1v) is 4.84. The van der Waals surface area contributed by atoms with Crippen LogP contribution in [0.4, 0.5) is 0 Å². The fraction of sp³-hybridized carbons (Fsp3) is 1.00. The lowest BCUT2D eigenvalue weighted by Crippen LogP contribution is -2.39. The van der Waals surface area contributed by atoms with Crippen LogP contribution in [0.1, 0.15) is 19.8 Å². The minimum atomic E-state index is 0.800. The number of piperidine rings is 1. The van der Waals surface area contributed by atoms with Gasteiger partial charge in [0.15, 0.2) is 0 Å². The van der Waals surface area contributed by atoms with E-state index in [2.05, 4.69) is 17.1 Å². The normalized spacial score (nSPS) is 39.0. The van der Waals surface area contributed by atoms with Gasteiger partial charge in [0.1, 0.15) is 0 Å². The molecule has 3 fully saturated rings. The summed E-state index contributed by atoms with van der Waals surface area (Å²) >= 11 is 0. The summed E-state index contributed by atoms with van der Waals surface area (Å²) < 4.78 is 0. The molecule has 64 valence electrons. The van der Waals surface area contributed by atoms with Gasteiger partial charge >= 0.3 is 0 Å². The van der Waals surface area contributed by atoms with Crippen LogP contribution >= 0.6 is 0 Å². The van der Waals surface area contributed by atoms with Gasteiger partial charge in [0.25, 0.3) is 0 Å². The molecule has 3 aliphatic rings. The number of nitrogens with one attached hydrogen (secondary N) is 1. The van der Waals surface area contributed by atoms with Crippen LogP contribution in [-0.2, 0) is 0 Å². The maximum Gasteiger partial charge on any atom is 0.0195 e. The second-order valence-electron chi connectivity index (χ2n) is 3.90. The maximum absolute atomic E-state index is 3.60. The van der Waals surface area contributed by atoms with Gasteiger partial charge < -0.3 is 10.2 Å². The molecular formula is C9H18N2. The van der Waals surface area contributed by atoms with Crippen LogP contribution in [0, 0.1) is 5.92 Å². The predicted octanol–water partition coefficient (Wildman–Crippen LogP) is 0.690. The lowest BCUT2D eigenvalue weighted by Gasteiger charge is -2.23. The third-order valence-corrected chi connectivity index (χ3v) is 3.06. The smallest absolute Gasteiger partial charge is 0.0195 e. The van der Waals surface area contributed by atoms with E-state index in [1.165, 1.54) is 39.0 Å². The van der Waals surface area contributed by atoms with Gasteiger partial charge in [-0.3, -0.25) is 0 Å². The summed E-state index contributed by atoms with van der Waals surface area (Å²) in [5, 5.41) is 3.60. The van der Waals surface area contributed by atoms with E-state index < -0.39 is 0 Å². The van der Waals surface area contributed by atoms with Crippen molar-refractivity contribution in [2.45, 2.75) is 25.8 Å². The zero-order valence-electron chi connectivity index (χ0n) is 7.34. The van der Waals surface area contributed by atoms with Crippen molar-refractivity contribution >= 4 is 0 Å². The van der Waals surface area contributed by atoms with E-state index in [0.29, 0.717) is 0 Å². The van der Waals surface area contributed by atoms with Crippen molar-refractivity contribution in [3.8, 4) is 0 Å². The Bertz CT molecular complexity index is 114. The largest absolute Gasteiger partial charge is 0.312 e. The minimum Gasteiger partial charge on any atom is -0.312 e. The Labute approximate surface area is 69.0 Å². The Balaban J connectivity index is 2.00. The molecular weight excluding hydrogens is 136 g/mol. The Kier molecular flexibility index (Phi) is 2.14. The lowest BCUT2D eigenvalue weighted by molar-refractivity contribution is 0.278. The molecule has 0 spiro atoms. The van der Waals surface area contributed by atoms with Gasteiger partial charge in [-0.05, 0) is 31.8 Å². The van der Waals surface area contributed by atoms with Crippen LogP contribution < -0.4 is 5.32 Å². The van der Waals surface area contributed by atoms with Gasteiger partial charge in [0, 0.05) is 19.1 Å². The molecule has 3 rings (SSSR count). The monoisotopic (exact) mass is 154 g/mol. The quantitative estimate of drug-likeness (QED) is 0.598. The van der Waals surface area contributed by atoms with Crippen molar-refractivity contribution < 1.29 is 0 Å². The number of nitrogens with zero attached hydrogens (tertiary/aromatic N) is 1. The van der Waals surface area contributed by atoms with E-state index in [0.717, 1.165) is 12.0 Å². The molecule has 0 aliphatic carbocycles. The molecule has 0 aromatic rings. The number of likely N-dealkylation sites (N-methyl/N-ethyl adjacent to an activating group) is 1. The van der Waals surface area contributed by atoms with Gasteiger partial charge in [0.05, 0.1) is 0 Å². The molecule has 0 aromatic heterocycles. The van der Waals surface area contributed by atoms with Crippen LogP contribution in [0.5, 0.6) is 0 Å². The summed E-state index contributed by atoms with van der Waals surface area (Å²) in [6, 6.07) is 0.800. The zero-order valence-corrected chi connectivity index (χ0v) is 7.34. The summed E-state index contributed by atoms with van der Waals surface area (Å²) in [5.41, 5.74) is 0. The molecule has 1 N–H and O–H groups in total. The molecule has 2 nitrogen and oxygen atoms in total. The van der Waals surface area contributed by atoms with Crippen molar-refractivity contribution in [1.82, 2.24) is 10.2 Å². The fourth-order valence-electron chi connectivity index (χ4n) is 2.30. The van der Waals surface area contributed by atoms with Crippen molar-refractivity contribution in [1.29, 1.82) is 0 Å².